The molecule has 28 heavy (non-hydrogen) atoms. The molecule has 1 atom stereocenters. The van der Waals surface area contributed by atoms with Crippen LogP contribution in [0.3, 0.4) is 0 Å². The number of hydrogen-bond acceptors (Lipinski definition) is 5. The standard InChI is InChI=1S/C22H27NO5/c1-5-26-19-12-11-18(13-20(19)27-6-2)22(25)28-14-21(24)23-16(4)17-9-7-15(3)8-10-17/h7-13,16H,5-6,14H2,1-4H3,(H,23,24)/t16-/m1/s1. The van der Waals surface area contributed by atoms with Crippen LogP contribution in [0.25, 0.3) is 0 Å². The van der Waals surface area contributed by atoms with Crippen LogP contribution in [-0.4, -0.2) is 31.7 Å². The minimum Gasteiger partial charge on any atom is -0.490 e. The predicted octanol–water partition coefficient (Wildman–Crippen LogP) is 3.83. The second-order valence-corrected chi connectivity index (χ2v) is 6.30. The van der Waals surface area contributed by atoms with Crippen LogP contribution in [0.4, 0.5) is 0 Å². The lowest BCUT2D eigenvalue weighted by atomic mass is 10.1. The van der Waals surface area contributed by atoms with Crippen molar-refractivity contribution in [3.05, 3.63) is 59.2 Å². The maximum Gasteiger partial charge on any atom is 0.338 e. The summed E-state index contributed by atoms with van der Waals surface area (Å²) in [7, 11) is 0. The lowest BCUT2D eigenvalue weighted by molar-refractivity contribution is -0.124. The summed E-state index contributed by atoms with van der Waals surface area (Å²) in [5, 5.41) is 2.82. The third-order valence-electron chi connectivity index (χ3n) is 4.07. The first-order valence-electron chi connectivity index (χ1n) is 9.37. The molecule has 0 radical (unpaired) electrons. The zero-order chi connectivity index (χ0) is 20.5. The van der Waals surface area contributed by atoms with Crippen LogP contribution in [0.15, 0.2) is 42.5 Å². The maximum atomic E-state index is 12.3. The predicted molar refractivity (Wildman–Crippen MR) is 107 cm³/mol. The van der Waals surface area contributed by atoms with Crippen molar-refractivity contribution < 1.29 is 23.8 Å². The smallest absolute Gasteiger partial charge is 0.338 e. The van der Waals surface area contributed by atoms with Crippen LogP contribution in [0.2, 0.25) is 0 Å². The molecule has 0 saturated heterocycles. The number of esters is 1. The number of benzene rings is 2. The Morgan fingerprint density at radius 2 is 1.61 bits per heavy atom. The summed E-state index contributed by atoms with van der Waals surface area (Å²) in [6.45, 7) is 8.18. The van der Waals surface area contributed by atoms with Crippen molar-refractivity contribution in [3.63, 3.8) is 0 Å². The van der Waals surface area contributed by atoms with E-state index in [-0.39, 0.29) is 18.6 Å². The minimum atomic E-state index is -0.595. The summed E-state index contributed by atoms with van der Waals surface area (Å²) < 4.78 is 16.1. The van der Waals surface area contributed by atoms with Crippen LogP contribution in [0, 0.1) is 6.92 Å². The maximum absolute atomic E-state index is 12.3. The number of carbonyl (C=O) groups excluding carboxylic acids is 2. The van der Waals surface area contributed by atoms with Gasteiger partial charge in [-0.2, -0.15) is 0 Å². The highest BCUT2D eigenvalue weighted by Crippen LogP contribution is 2.28. The monoisotopic (exact) mass is 385 g/mol. The topological polar surface area (TPSA) is 73.9 Å². The quantitative estimate of drug-likeness (QED) is 0.664. The normalized spacial score (nSPS) is 11.4. The van der Waals surface area contributed by atoms with E-state index < -0.39 is 5.97 Å². The van der Waals surface area contributed by atoms with E-state index in [4.69, 9.17) is 14.2 Å². The molecule has 0 bridgehead atoms. The second-order valence-electron chi connectivity index (χ2n) is 6.30. The van der Waals surface area contributed by atoms with Gasteiger partial charge < -0.3 is 19.5 Å². The molecule has 0 aliphatic rings. The Hall–Kier alpha value is -3.02. The Bertz CT molecular complexity index is 801. The van der Waals surface area contributed by atoms with E-state index in [1.54, 1.807) is 18.2 Å². The molecule has 0 aliphatic heterocycles. The third kappa shape index (κ3) is 6.01. The molecule has 1 N–H and O–H groups in total. The van der Waals surface area contributed by atoms with Crippen LogP contribution >= 0.6 is 0 Å². The van der Waals surface area contributed by atoms with Gasteiger partial charge in [-0.15, -0.1) is 0 Å². The van der Waals surface area contributed by atoms with E-state index in [0.717, 1.165) is 11.1 Å². The van der Waals surface area contributed by atoms with Crippen LogP contribution < -0.4 is 14.8 Å². The van der Waals surface area contributed by atoms with Gasteiger partial charge in [-0.05, 0) is 51.5 Å². The SMILES string of the molecule is CCOc1ccc(C(=O)OCC(=O)N[C@H](C)c2ccc(C)cc2)cc1OCC. The summed E-state index contributed by atoms with van der Waals surface area (Å²) in [6.07, 6.45) is 0. The molecule has 0 unspecified atom stereocenters. The molecular weight excluding hydrogens is 358 g/mol. The highest BCUT2D eigenvalue weighted by Gasteiger charge is 2.15. The zero-order valence-corrected chi connectivity index (χ0v) is 16.8. The zero-order valence-electron chi connectivity index (χ0n) is 16.8. The number of carbonyl (C=O) groups is 2. The van der Waals surface area contributed by atoms with E-state index in [0.29, 0.717) is 30.3 Å². The number of aryl methyl sites for hydroxylation is 1. The lowest BCUT2D eigenvalue weighted by Crippen LogP contribution is -2.31. The Morgan fingerprint density at radius 3 is 2.25 bits per heavy atom. The Kier molecular flexibility index (Phi) is 7.87. The molecule has 2 aromatic rings. The Morgan fingerprint density at radius 1 is 0.964 bits per heavy atom. The molecule has 0 heterocycles. The van der Waals surface area contributed by atoms with Gasteiger partial charge >= 0.3 is 5.97 Å². The van der Waals surface area contributed by atoms with Crippen molar-refractivity contribution in [2.75, 3.05) is 19.8 Å². The van der Waals surface area contributed by atoms with Gasteiger partial charge in [0, 0.05) is 0 Å². The molecule has 0 spiro atoms. The lowest BCUT2D eigenvalue weighted by Gasteiger charge is -2.15. The number of amides is 1. The first kappa shape index (κ1) is 21.3. The van der Waals surface area contributed by atoms with Crippen LogP contribution in [0.5, 0.6) is 11.5 Å². The molecule has 0 saturated carbocycles. The van der Waals surface area contributed by atoms with Crippen molar-refractivity contribution in [2.45, 2.75) is 33.7 Å². The van der Waals surface area contributed by atoms with Gasteiger partial charge in [0.05, 0.1) is 24.8 Å². The fourth-order valence-electron chi connectivity index (χ4n) is 2.61. The second kappa shape index (κ2) is 10.3. The molecule has 6 heteroatoms. The summed E-state index contributed by atoms with van der Waals surface area (Å²) in [5.74, 6) is 0.0707. The van der Waals surface area contributed by atoms with Crippen LogP contribution in [0.1, 0.15) is 48.3 Å². The largest absolute Gasteiger partial charge is 0.490 e. The van der Waals surface area contributed by atoms with E-state index >= 15 is 0 Å². The van der Waals surface area contributed by atoms with Gasteiger partial charge in [0.15, 0.2) is 18.1 Å². The molecule has 2 rings (SSSR count). The number of rotatable bonds is 9. The Balaban J connectivity index is 1.92. The first-order valence-corrected chi connectivity index (χ1v) is 9.37. The van der Waals surface area contributed by atoms with E-state index in [1.165, 1.54) is 0 Å². The van der Waals surface area contributed by atoms with Gasteiger partial charge in [0.1, 0.15) is 0 Å². The van der Waals surface area contributed by atoms with Gasteiger partial charge in [-0.25, -0.2) is 4.79 Å². The molecule has 0 fully saturated rings. The molecule has 1 amide bonds. The number of ether oxygens (including phenoxy) is 3. The highest BCUT2D eigenvalue weighted by atomic mass is 16.5. The highest BCUT2D eigenvalue weighted by molar-refractivity contribution is 5.92. The van der Waals surface area contributed by atoms with Crippen molar-refractivity contribution in [3.8, 4) is 11.5 Å². The summed E-state index contributed by atoms with van der Waals surface area (Å²) >= 11 is 0. The van der Waals surface area contributed by atoms with Gasteiger partial charge in [-0.1, -0.05) is 29.8 Å². The fourth-order valence-corrected chi connectivity index (χ4v) is 2.61. The average molecular weight is 385 g/mol. The van der Waals surface area contributed by atoms with E-state index in [2.05, 4.69) is 5.32 Å². The fraction of sp³-hybridized carbons (Fsp3) is 0.364. The van der Waals surface area contributed by atoms with Gasteiger partial charge in [-0.3, -0.25) is 4.79 Å². The summed E-state index contributed by atoms with van der Waals surface area (Å²) in [5.41, 5.74) is 2.43. The number of hydrogen-bond donors (Lipinski definition) is 1. The van der Waals surface area contributed by atoms with Crippen molar-refractivity contribution in [1.29, 1.82) is 0 Å². The van der Waals surface area contributed by atoms with Crippen LogP contribution in [-0.2, 0) is 9.53 Å². The van der Waals surface area contributed by atoms with Gasteiger partial charge in [0.2, 0.25) is 0 Å². The van der Waals surface area contributed by atoms with Crippen molar-refractivity contribution in [1.82, 2.24) is 5.32 Å². The third-order valence-corrected chi connectivity index (χ3v) is 4.07. The summed E-state index contributed by atoms with van der Waals surface area (Å²) in [6, 6.07) is 12.5. The van der Waals surface area contributed by atoms with E-state index in [1.807, 2.05) is 52.0 Å². The first-order chi connectivity index (χ1) is 13.4. The Labute approximate surface area is 165 Å². The molecule has 0 aliphatic carbocycles. The molecular formula is C22H27NO5. The van der Waals surface area contributed by atoms with Crippen molar-refractivity contribution >= 4 is 11.9 Å². The molecule has 150 valence electrons. The van der Waals surface area contributed by atoms with Crippen molar-refractivity contribution in [2.24, 2.45) is 0 Å². The number of nitrogens with one attached hydrogen (secondary N) is 1. The molecule has 0 aromatic heterocycles. The molecule has 6 nitrogen and oxygen atoms in total. The average Bonchev–Trinajstić information content (AvgIpc) is 2.68. The van der Waals surface area contributed by atoms with E-state index in [9.17, 15) is 9.59 Å². The summed E-state index contributed by atoms with van der Waals surface area (Å²) in [4.78, 5) is 24.4. The molecule has 2 aromatic carbocycles. The van der Waals surface area contributed by atoms with Gasteiger partial charge in [0.25, 0.3) is 5.91 Å². The minimum absolute atomic E-state index is 0.179.